The smallest absolute Gasteiger partial charge is 0.125 e. The molecule has 0 bridgehead atoms. The molecule has 1 aliphatic heterocycles. The Morgan fingerprint density at radius 2 is 2.11 bits per heavy atom. The number of benzene rings is 1. The Labute approximate surface area is 108 Å². The Kier molecular flexibility index (Phi) is 3.88. The van der Waals surface area contributed by atoms with Gasteiger partial charge in [0.1, 0.15) is 5.82 Å². The summed E-state index contributed by atoms with van der Waals surface area (Å²) in [5.41, 5.74) is 7.42. The lowest BCUT2D eigenvalue weighted by atomic mass is 10.1. The highest BCUT2D eigenvalue weighted by Crippen LogP contribution is 2.23. The van der Waals surface area contributed by atoms with Gasteiger partial charge < -0.3 is 10.6 Å². The zero-order valence-corrected chi connectivity index (χ0v) is 11.4. The molecule has 1 aromatic carbocycles. The molecule has 0 aromatic heterocycles. The Morgan fingerprint density at radius 3 is 2.67 bits per heavy atom. The zero-order valence-electron chi connectivity index (χ0n) is 11.4. The van der Waals surface area contributed by atoms with Crippen molar-refractivity contribution in [1.29, 1.82) is 0 Å². The second kappa shape index (κ2) is 5.24. The first-order valence-electron chi connectivity index (χ1n) is 6.40. The Bertz CT molecular complexity index is 420. The van der Waals surface area contributed by atoms with E-state index in [1.165, 1.54) is 12.1 Å². The molecular weight excluding hydrogens is 229 g/mol. The van der Waals surface area contributed by atoms with E-state index < -0.39 is 0 Å². The normalized spacial score (nSPS) is 24.9. The van der Waals surface area contributed by atoms with Crippen LogP contribution in [-0.4, -0.2) is 43.0 Å². The van der Waals surface area contributed by atoms with Crippen LogP contribution in [0.3, 0.4) is 0 Å². The molecule has 0 radical (unpaired) electrons. The van der Waals surface area contributed by atoms with Gasteiger partial charge >= 0.3 is 0 Å². The van der Waals surface area contributed by atoms with Crippen LogP contribution in [0.5, 0.6) is 0 Å². The van der Waals surface area contributed by atoms with Gasteiger partial charge in [0, 0.05) is 31.4 Å². The summed E-state index contributed by atoms with van der Waals surface area (Å²) < 4.78 is 13.0. The zero-order chi connectivity index (χ0) is 13.3. The molecule has 0 amide bonds. The lowest BCUT2D eigenvalue weighted by molar-refractivity contribution is 0.250. The maximum atomic E-state index is 13.0. The largest absolute Gasteiger partial charge is 0.398 e. The van der Waals surface area contributed by atoms with Gasteiger partial charge in [0.2, 0.25) is 0 Å². The first-order valence-corrected chi connectivity index (χ1v) is 6.40. The van der Waals surface area contributed by atoms with Crippen molar-refractivity contribution in [2.75, 3.05) is 32.9 Å². The quantitative estimate of drug-likeness (QED) is 0.831. The molecule has 100 valence electrons. The molecule has 1 aliphatic rings. The molecule has 3 nitrogen and oxygen atoms in total. The van der Waals surface area contributed by atoms with Crippen LogP contribution in [0.4, 0.5) is 10.1 Å². The van der Waals surface area contributed by atoms with E-state index >= 15 is 0 Å². The van der Waals surface area contributed by atoms with E-state index in [4.69, 9.17) is 5.73 Å². The molecule has 1 saturated heterocycles. The number of hydrogen-bond donors (Lipinski definition) is 1. The van der Waals surface area contributed by atoms with E-state index in [0.717, 1.165) is 25.2 Å². The Hall–Kier alpha value is -1.13. The lowest BCUT2D eigenvalue weighted by Gasteiger charge is -2.22. The second-order valence-electron chi connectivity index (χ2n) is 5.55. The van der Waals surface area contributed by atoms with Crippen LogP contribution in [-0.2, 0) is 6.54 Å². The highest BCUT2D eigenvalue weighted by molar-refractivity contribution is 5.46. The SMILES string of the molecule is CC1CN(Cc2ccc(F)cc2N)CC1N(C)C. The number of likely N-dealkylation sites (tertiary alicyclic amines) is 1. The third-order valence-electron chi connectivity index (χ3n) is 3.81. The molecule has 1 aromatic rings. The summed E-state index contributed by atoms with van der Waals surface area (Å²) in [6.07, 6.45) is 0. The van der Waals surface area contributed by atoms with Crippen LogP contribution >= 0.6 is 0 Å². The monoisotopic (exact) mass is 251 g/mol. The van der Waals surface area contributed by atoms with Gasteiger partial charge in [-0.25, -0.2) is 4.39 Å². The van der Waals surface area contributed by atoms with Gasteiger partial charge in [0.15, 0.2) is 0 Å². The molecule has 1 fully saturated rings. The first-order chi connectivity index (χ1) is 8.47. The number of nitrogen functional groups attached to an aromatic ring is 1. The molecule has 2 atom stereocenters. The average molecular weight is 251 g/mol. The topological polar surface area (TPSA) is 32.5 Å². The predicted molar refractivity (Wildman–Crippen MR) is 72.7 cm³/mol. The van der Waals surface area contributed by atoms with Crippen molar-refractivity contribution in [2.24, 2.45) is 5.92 Å². The number of nitrogens with zero attached hydrogens (tertiary/aromatic N) is 2. The van der Waals surface area contributed by atoms with Crippen LogP contribution in [0.25, 0.3) is 0 Å². The Morgan fingerprint density at radius 1 is 1.39 bits per heavy atom. The highest BCUT2D eigenvalue weighted by Gasteiger charge is 2.30. The summed E-state index contributed by atoms with van der Waals surface area (Å²) in [5.74, 6) is 0.388. The summed E-state index contributed by atoms with van der Waals surface area (Å²) in [7, 11) is 4.24. The van der Waals surface area contributed by atoms with Crippen LogP contribution < -0.4 is 5.73 Å². The van der Waals surface area contributed by atoms with Crippen LogP contribution in [0.2, 0.25) is 0 Å². The lowest BCUT2D eigenvalue weighted by Crippen LogP contribution is -2.34. The predicted octanol–water partition coefficient (Wildman–Crippen LogP) is 1.79. The van der Waals surface area contributed by atoms with Crippen molar-refractivity contribution in [3.63, 3.8) is 0 Å². The van der Waals surface area contributed by atoms with E-state index in [0.29, 0.717) is 17.6 Å². The van der Waals surface area contributed by atoms with Crippen molar-refractivity contribution >= 4 is 5.69 Å². The van der Waals surface area contributed by atoms with Gasteiger partial charge in [-0.05, 0) is 37.7 Å². The first kappa shape index (κ1) is 13.3. The minimum Gasteiger partial charge on any atom is -0.398 e. The standard InChI is InChI=1S/C14H22FN3/c1-10-7-18(9-14(10)17(2)3)8-11-4-5-12(15)6-13(11)16/h4-6,10,14H,7-9,16H2,1-3H3. The van der Waals surface area contributed by atoms with Gasteiger partial charge in [-0.2, -0.15) is 0 Å². The molecule has 1 heterocycles. The molecule has 0 spiro atoms. The minimum absolute atomic E-state index is 0.266. The van der Waals surface area contributed by atoms with Crippen molar-refractivity contribution in [3.8, 4) is 0 Å². The molecule has 0 saturated carbocycles. The highest BCUT2D eigenvalue weighted by atomic mass is 19.1. The fraction of sp³-hybridized carbons (Fsp3) is 0.571. The number of likely N-dealkylation sites (N-methyl/N-ethyl adjacent to an activating group) is 1. The molecule has 4 heteroatoms. The Balaban J connectivity index is 2.03. The van der Waals surface area contributed by atoms with Gasteiger partial charge in [0.05, 0.1) is 0 Å². The third-order valence-corrected chi connectivity index (χ3v) is 3.81. The minimum atomic E-state index is -0.266. The molecule has 2 N–H and O–H groups in total. The molecule has 2 rings (SSSR count). The van der Waals surface area contributed by atoms with E-state index in [2.05, 4.69) is 30.8 Å². The maximum Gasteiger partial charge on any atom is 0.125 e. The summed E-state index contributed by atoms with van der Waals surface area (Å²) in [5, 5.41) is 0. The summed E-state index contributed by atoms with van der Waals surface area (Å²) in [6, 6.07) is 5.26. The van der Waals surface area contributed by atoms with E-state index in [9.17, 15) is 4.39 Å². The number of anilines is 1. The van der Waals surface area contributed by atoms with Gasteiger partial charge in [-0.1, -0.05) is 13.0 Å². The van der Waals surface area contributed by atoms with Crippen molar-refractivity contribution < 1.29 is 4.39 Å². The molecule has 18 heavy (non-hydrogen) atoms. The third kappa shape index (κ3) is 2.82. The van der Waals surface area contributed by atoms with Crippen LogP contribution in [0.15, 0.2) is 18.2 Å². The van der Waals surface area contributed by atoms with Crippen LogP contribution in [0.1, 0.15) is 12.5 Å². The summed E-state index contributed by atoms with van der Waals surface area (Å²) in [4.78, 5) is 4.66. The fourth-order valence-corrected chi connectivity index (χ4v) is 2.80. The number of rotatable bonds is 3. The number of nitrogens with two attached hydrogens (primary N) is 1. The van der Waals surface area contributed by atoms with Crippen LogP contribution in [0, 0.1) is 11.7 Å². The number of halogens is 1. The second-order valence-corrected chi connectivity index (χ2v) is 5.55. The van der Waals surface area contributed by atoms with E-state index in [1.807, 2.05) is 0 Å². The van der Waals surface area contributed by atoms with E-state index in [1.54, 1.807) is 6.07 Å². The van der Waals surface area contributed by atoms with Crippen molar-refractivity contribution in [1.82, 2.24) is 9.80 Å². The fourth-order valence-electron chi connectivity index (χ4n) is 2.80. The summed E-state index contributed by atoms with van der Waals surface area (Å²) in [6.45, 7) is 5.20. The molecular formula is C14H22FN3. The van der Waals surface area contributed by atoms with E-state index in [-0.39, 0.29) is 5.82 Å². The maximum absolute atomic E-state index is 13.0. The molecule has 0 aliphatic carbocycles. The molecule has 2 unspecified atom stereocenters. The van der Waals surface area contributed by atoms with Gasteiger partial charge in [-0.15, -0.1) is 0 Å². The van der Waals surface area contributed by atoms with Crippen molar-refractivity contribution in [3.05, 3.63) is 29.6 Å². The summed E-state index contributed by atoms with van der Waals surface area (Å²) >= 11 is 0. The van der Waals surface area contributed by atoms with Gasteiger partial charge in [-0.3, -0.25) is 4.90 Å². The number of hydrogen-bond acceptors (Lipinski definition) is 3. The van der Waals surface area contributed by atoms with Gasteiger partial charge in [0.25, 0.3) is 0 Å². The van der Waals surface area contributed by atoms with Crippen molar-refractivity contribution in [2.45, 2.75) is 19.5 Å². The average Bonchev–Trinajstić information content (AvgIpc) is 2.64.